The summed E-state index contributed by atoms with van der Waals surface area (Å²) < 4.78 is 5.64. The zero-order chi connectivity index (χ0) is 14.7. The number of anilines is 1. The van der Waals surface area contributed by atoms with Gasteiger partial charge in [-0.25, -0.2) is 15.0 Å². The fourth-order valence-electron chi connectivity index (χ4n) is 2.16. The number of carbonyl (C=O) groups is 1. The summed E-state index contributed by atoms with van der Waals surface area (Å²) in [5, 5.41) is 0. The van der Waals surface area contributed by atoms with Gasteiger partial charge in [0.2, 0.25) is 5.82 Å². The average Bonchev–Trinajstić information content (AvgIpc) is 2.55. The molecule has 108 valence electrons. The number of nitrogen functional groups attached to an aromatic ring is 1. The van der Waals surface area contributed by atoms with E-state index < -0.39 is 0 Å². The topological polar surface area (TPSA) is 107 Å². The van der Waals surface area contributed by atoms with E-state index in [0.29, 0.717) is 31.2 Å². The molecule has 0 radical (unpaired) electrons. The van der Waals surface area contributed by atoms with Gasteiger partial charge in [-0.1, -0.05) is 0 Å². The lowest BCUT2D eigenvalue weighted by Gasteiger charge is -2.32. The lowest BCUT2D eigenvalue weighted by atomic mass is 10.2. The Kier molecular flexibility index (Phi) is 3.69. The van der Waals surface area contributed by atoms with E-state index in [1.807, 2.05) is 0 Å². The van der Waals surface area contributed by atoms with Crippen LogP contribution in [-0.2, 0) is 4.74 Å². The van der Waals surface area contributed by atoms with Crippen molar-refractivity contribution in [2.45, 2.75) is 6.10 Å². The molecule has 1 aliphatic rings. The molecule has 0 saturated carbocycles. The maximum atomic E-state index is 12.3. The minimum absolute atomic E-state index is 0.172. The number of hydrogen-bond acceptors (Lipinski definition) is 7. The van der Waals surface area contributed by atoms with E-state index >= 15 is 0 Å². The number of morpholine rings is 1. The number of carbonyl (C=O) groups excluding carboxylic acids is 1. The second-order valence-electron chi connectivity index (χ2n) is 4.51. The van der Waals surface area contributed by atoms with E-state index in [4.69, 9.17) is 10.5 Å². The molecule has 2 aromatic heterocycles. The summed E-state index contributed by atoms with van der Waals surface area (Å²) >= 11 is 0. The van der Waals surface area contributed by atoms with Gasteiger partial charge in [-0.3, -0.25) is 9.78 Å². The number of aromatic nitrogens is 4. The van der Waals surface area contributed by atoms with Gasteiger partial charge in [0.15, 0.2) is 0 Å². The molecule has 1 amide bonds. The highest BCUT2D eigenvalue weighted by molar-refractivity contribution is 5.90. The zero-order valence-corrected chi connectivity index (χ0v) is 11.2. The van der Waals surface area contributed by atoms with Crippen molar-refractivity contribution in [1.29, 1.82) is 0 Å². The third kappa shape index (κ3) is 2.79. The number of nitrogens with zero attached hydrogens (tertiary/aromatic N) is 5. The largest absolute Gasteiger partial charge is 0.382 e. The first-order valence-corrected chi connectivity index (χ1v) is 6.50. The third-order valence-electron chi connectivity index (χ3n) is 3.17. The number of rotatable bonds is 2. The molecule has 3 rings (SSSR count). The molecule has 8 nitrogen and oxygen atoms in total. The van der Waals surface area contributed by atoms with E-state index in [9.17, 15) is 4.79 Å². The number of ether oxygens (including phenoxy) is 1. The first-order valence-electron chi connectivity index (χ1n) is 6.50. The third-order valence-corrected chi connectivity index (χ3v) is 3.17. The van der Waals surface area contributed by atoms with Crippen LogP contribution >= 0.6 is 0 Å². The van der Waals surface area contributed by atoms with Gasteiger partial charge in [-0.05, 0) is 6.07 Å². The molecular weight excluding hydrogens is 272 g/mol. The Balaban J connectivity index is 1.77. The minimum atomic E-state index is -0.389. The number of hydrogen-bond donors (Lipinski definition) is 1. The van der Waals surface area contributed by atoms with Crippen LogP contribution in [0.1, 0.15) is 22.4 Å². The van der Waals surface area contributed by atoms with Crippen LogP contribution in [-0.4, -0.2) is 50.4 Å². The average molecular weight is 286 g/mol. The minimum Gasteiger partial charge on any atom is -0.382 e. The van der Waals surface area contributed by atoms with Gasteiger partial charge in [0.05, 0.1) is 13.2 Å². The summed E-state index contributed by atoms with van der Waals surface area (Å²) in [6, 6.07) is 1.67. The van der Waals surface area contributed by atoms with Gasteiger partial charge in [-0.15, -0.1) is 0 Å². The maximum Gasteiger partial charge on any atom is 0.291 e. The molecule has 1 fully saturated rings. The highest BCUT2D eigenvalue weighted by Gasteiger charge is 2.29. The van der Waals surface area contributed by atoms with Crippen molar-refractivity contribution in [1.82, 2.24) is 24.8 Å². The highest BCUT2D eigenvalue weighted by atomic mass is 16.5. The fraction of sp³-hybridized carbons (Fsp3) is 0.308. The van der Waals surface area contributed by atoms with Crippen LogP contribution < -0.4 is 5.73 Å². The predicted octanol–water partition coefficient (Wildman–Crippen LogP) is 0.0625. The van der Waals surface area contributed by atoms with Crippen LogP contribution in [0.15, 0.2) is 30.9 Å². The molecule has 8 heteroatoms. The van der Waals surface area contributed by atoms with Gasteiger partial charge >= 0.3 is 0 Å². The van der Waals surface area contributed by atoms with E-state index in [2.05, 4.69) is 19.9 Å². The second-order valence-corrected chi connectivity index (χ2v) is 4.51. The molecule has 0 aliphatic carbocycles. The van der Waals surface area contributed by atoms with Crippen LogP contribution in [0.5, 0.6) is 0 Å². The zero-order valence-electron chi connectivity index (χ0n) is 11.2. The summed E-state index contributed by atoms with van der Waals surface area (Å²) in [4.78, 5) is 30.1. The molecule has 0 unspecified atom stereocenters. The van der Waals surface area contributed by atoms with Crippen LogP contribution in [0.25, 0.3) is 0 Å². The first-order chi connectivity index (χ1) is 10.3. The van der Waals surface area contributed by atoms with E-state index in [-0.39, 0.29) is 17.8 Å². The maximum absolute atomic E-state index is 12.3. The van der Waals surface area contributed by atoms with Crippen molar-refractivity contribution in [2.75, 3.05) is 25.4 Å². The standard InChI is InChI=1S/C13H14N6O2/c14-11-10(15-4-5-16-11)9-8-19(6-7-21-9)13(20)12-17-2-1-3-18-12/h1-5,9H,6-8H2,(H2,14,16)/t9-/m1/s1. The van der Waals surface area contributed by atoms with Crippen molar-refractivity contribution < 1.29 is 9.53 Å². The lowest BCUT2D eigenvalue weighted by molar-refractivity contribution is -0.0249. The van der Waals surface area contributed by atoms with Crippen molar-refractivity contribution in [3.05, 3.63) is 42.4 Å². The van der Waals surface area contributed by atoms with Gasteiger partial charge < -0.3 is 15.4 Å². The monoisotopic (exact) mass is 286 g/mol. The molecule has 0 spiro atoms. The molecular formula is C13H14N6O2. The number of amides is 1. The van der Waals surface area contributed by atoms with Crippen molar-refractivity contribution in [2.24, 2.45) is 0 Å². The van der Waals surface area contributed by atoms with Gasteiger partial charge in [-0.2, -0.15) is 0 Å². The highest BCUT2D eigenvalue weighted by Crippen LogP contribution is 2.24. The first kappa shape index (κ1) is 13.4. The summed E-state index contributed by atoms with van der Waals surface area (Å²) in [5.41, 5.74) is 6.35. The Morgan fingerprint density at radius 1 is 1.19 bits per heavy atom. The summed E-state index contributed by atoms with van der Waals surface area (Å²) in [6.45, 7) is 1.23. The fourth-order valence-corrected chi connectivity index (χ4v) is 2.16. The van der Waals surface area contributed by atoms with Crippen molar-refractivity contribution in [3.8, 4) is 0 Å². The predicted molar refractivity (Wildman–Crippen MR) is 73.1 cm³/mol. The summed E-state index contributed by atoms with van der Waals surface area (Å²) in [7, 11) is 0. The molecule has 3 heterocycles. The van der Waals surface area contributed by atoms with E-state index in [0.717, 1.165) is 0 Å². The van der Waals surface area contributed by atoms with Crippen molar-refractivity contribution >= 4 is 11.7 Å². The normalized spacial score (nSPS) is 18.5. The molecule has 1 saturated heterocycles. The summed E-state index contributed by atoms with van der Waals surface area (Å²) in [5.74, 6) is 0.254. The molecule has 0 bridgehead atoms. The van der Waals surface area contributed by atoms with Crippen molar-refractivity contribution in [3.63, 3.8) is 0 Å². The quantitative estimate of drug-likeness (QED) is 0.831. The van der Waals surface area contributed by atoms with E-state index in [1.165, 1.54) is 6.20 Å². The molecule has 1 aliphatic heterocycles. The van der Waals surface area contributed by atoms with Gasteiger partial charge in [0.1, 0.15) is 17.6 Å². The molecule has 21 heavy (non-hydrogen) atoms. The van der Waals surface area contributed by atoms with Crippen LogP contribution in [0.2, 0.25) is 0 Å². The molecule has 1 atom stereocenters. The van der Waals surface area contributed by atoms with Crippen LogP contribution in [0.4, 0.5) is 5.82 Å². The second kappa shape index (κ2) is 5.80. The molecule has 2 N–H and O–H groups in total. The Hall–Kier alpha value is -2.61. The molecule has 2 aromatic rings. The van der Waals surface area contributed by atoms with Gasteiger partial charge in [0.25, 0.3) is 5.91 Å². The Morgan fingerprint density at radius 2 is 1.95 bits per heavy atom. The van der Waals surface area contributed by atoms with E-state index in [1.54, 1.807) is 29.6 Å². The van der Waals surface area contributed by atoms with Gasteiger partial charge in [0, 0.05) is 31.3 Å². The van der Waals surface area contributed by atoms with Crippen LogP contribution in [0, 0.1) is 0 Å². The van der Waals surface area contributed by atoms with Crippen LogP contribution in [0.3, 0.4) is 0 Å². The Labute approximate surface area is 121 Å². The number of nitrogens with two attached hydrogens (primary N) is 1. The Morgan fingerprint density at radius 3 is 2.71 bits per heavy atom. The molecule has 0 aromatic carbocycles. The smallest absolute Gasteiger partial charge is 0.291 e. The lowest BCUT2D eigenvalue weighted by Crippen LogP contribution is -2.43. The Bertz CT molecular complexity index is 636. The summed E-state index contributed by atoms with van der Waals surface area (Å²) in [6.07, 6.45) is 5.76. The SMILES string of the molecule is Nc1nccnc1[C@H]1CN(C(=O)c2ncccn2)CCO1.